The van der Waals surface area contributed by atoms with E-state index in [-0.39, 0.29) is 18.1 Å². The molecule has 0 saturated heterocycles. The Hall–Kier alpha value is -2.82. The summed E-state index contributed by atoms with van der Waals surface area (Å²) in [4.78, 5) is 21.0. The average Bonchev–Trinajstić information content (AvgIpc) is 3.18. The van der Waals surface area contributed by atoms with Gasteiger partial charge in [-0.3, -0.25) is 4.79 Å². The van der Waals surface area contributed by atoms with Crippen molar-refractivity contribution < 1.29 is 9.53 Å². The Balaban J connectivity index is 1.24. The molecule has 1 aliphatic heterocycles. The number of carbonyl (C=O) groups is 1. The van der Waals surface area contributed by atoms with E-state index in [0.29, 0.717) is 5.92 Å². The smallest absolute Gasteiger partial charge is 0.261 e. The quantitative estimate of drug-likeness (QED) is 0.724. The van der Waals surface area contributed by atoms with Gasteiger partial charge in [0.25, 0.3) is 5.91 Å². The lowest BCUT2D eigenvalue weighted by molar-refractivity contribution is -0.129. The maximum Gasteiger partial charge on any atom is 0.261 e. The van der Waals surface area contributed by atoms with Crippen LogP contribution in [0.1, 0.15) is 49.4 Å². The predicted octanol–water partition coefficient (Wildman–Crippen LogP) is 4.10. The van der Waals surface area contributed by atoms with Crippen molar-refractivity contribution in [2.75, 3.05) is 0 Å². The minimum Gasteiger partial charge on any atom is -0.480 e. The predicted molar refractivity (Wildman–Crippen MR) is 108 cm³/mol. The summed E-state index contributed by atoms with van der Waals surface area (Å²) < 4.78 is 5.96. The van der Waals surface area contributed by atoms with Crippen LogP contribution in [0.15, 0.2) is 48.5 Å². The van der Waals surface area contributed by atoms with E-state index in [1.165, 1.54) is 5.56 Å². The first-order valence-electron chi connectivity index (χ1n) is 10.3. The first-order valence-corrected chi connectivity index (χ1v) is 10.3. The number of H-pyrrole nitrogens is 1. The molecule has 0 bridgehead atoms. The minimum atomic E-state index is -0.388. The Labute approximate surface area is 164 Å². The van der Waals surface area contributed by atoms with Gasteiger partial charge in [0.15, 0.2) is 6.10 Å². The molecule has 1 amide bonds. The number of nitrogens with zero attached hydrogens (tertiary/aromatic N) is 1. The van der Waals surface area contributed by atoms with Crippen LogP contribution < -0.4 is 10.1 Å². The highest BCUT2D eigenvalue weighted by molar-refractivity contribution is 5.81. The number of rotatable bonds is 3. The number of imidazole rings is 1. The highest BCUT2D eigenvalue weighted by Crippen LogP contribution is 2.33. The Morgan fingerprint density at radius 2 is 1.93 bits per heavy atom. The number of carbonyl (C=O) groups excluding carboxylic acids is 1. The molecule has 3 atom stereocenters. The Bertz CT molecular complexity index is 963. The van der Waals surface area contributed by atoms with Gasteiger partial charge in [-0.15, -0.1) is 0 Å². The summed E-state index contributed by atoms with van der Waals surface area (Å²) >= 11 is 0. The van der Waals surface area contributed by atoms with Crippen molar-refractivity contribution >= 4 is 16.9 Å². The zero-order chi connectivity index (χ0) is 18.9. The van der Waals surface area contributed by atoms with Crippen molar-refractivity contribution in [1.82, 2.24) is 15.3 Å². The van der Waals surface area contributed by atoms with Gasteiger partial charge in [0.05, 0.1) is 11.0 Å². The monoisotopic (exact) mass is 375 g/mol. The van der Waals surface area contributed by atoms with Crippen LogP contribution >= 0.6 is 0 Å². The first kappa shape index (κ1) is 17.3. The fourth-order valence-electron chi connectivity index (χ4n) is 4.54. The topological polar surface area (TPSA) is 67.0 Å². The van der Waals surface area contributed by atoms with Crippen LogP contribution in [0, 0.1) is 0 Å². The maximum absolute atomic E-state index is 12.8. The number of aryl methyl sites for hydroxylation is 1. The Morgan fingerprint density at radius 3 is 2.86 bits per heavy atom. The summed E-state index contributed by atoms with van der Waals surface area (Å²) in [7, 11) is 0. The van der Waals surface area contributed by atoms with Gasteiger partial charge in [-0.2, -0.15) is 0 Å². The van der Waals surface area contributed by atoms with Gasteiger partial charge in [-0.25, -0.2) is 4.98 Å². The molecule has 3 aromatic rings. The van der Waals surface area contributed by atoms with E-state index in [1.807, 2.05) is 36.4 Å². The van der Waals surface area contributed by atoms with Crippen LogP contribution in [0.4, 0.5) is 0 Å². The van der Waals surface area contributed by atoms with Crippen molar-refractivity contribution in [2.24, 2.45) is 0 Å². The van der Waals surface area contributed by atoms with Crippen molar-refractivity contribution in [3.63, 3.8) is 0 Å². The first-order chi connectivity index (χ1) is 13.8. The van der Waals surface area contributed by atoms with Crippen LogP contribution in [0.25, 0.3) is 11.0 Å². The van der Waals surface area contributed by atoms with E-state index < -0.39 is 0 Å². The molecule has 5 rings (SSSR count). The third-order valence-corrected chi connectivity index (χ3v) is 6.03. The van der Waals surface area contributed by atoms with Gasteiger partial charge in [0.1, 0.15) is 11.6 Å². The molecule has 0 spiro atoms. The van der Waals surface area contributed by atoms with E-state index in [0.717, 1.165) is 61.1 Å². The summed E-state index contributed by atoms with van der Waals surface area (Å²) in [5, 5.41) is 3.25. The lowest BCUT2D eigenvalue weighted by atomic mass is 9.85. The number of benzene rings is 2. The fourth-order valence-corrected chi connectivity index (χ4v) is 4.54. The van der Waals surface area contributed by atoms with Gasteiger partial charge < -0.3 is 15.0 Å². The van der Waals surface area contributed by atoms with Crippen molar-refractivity contribution in [3.05, 3.63) is 59.9 Å². The van der Waals surface area contributed by atoms with Crippen LogP contribution in [0.2, 0.25) is 0 Å². The number of aromatic nitrogens is 2. The van der Waals surface area contributed by atoms with Gasteiger partial charge in [0, 0.05) is 12.0 Å². The van der Waals surface area contributed by atoms with Crippen LogP contribution in [0.5, 0.6) is 5.75 Å². The molecule has 5 nitrogen and oxygen atoms in total. The van der Waals surface area contributed by atoms with Gasteiger partial charge in [-0.05, 0) is 55.9 Å². The third kappa shape index (κ3) is 3.37. The lowest BCUT2D eigenvalue weighted by Gasteiger charge is -2.31. The number of para-hydroxylation sites is 3. The largest absolute Gasteiger partial charge is 0.480 e. The second-order valence-corrected chi connectivity index (χ2v) is 7.96. The van der Waals surface area contributed by atoms with E-state index in [4.69, 9.17) is 9.72 Å². The van der Waals surface area contributed by atoms with Gasteiger partial charge in [-0.1, -0.05) is 36.8 Å². The molecule has 144 valence electrons. The highest BCUT2D eigenvalue weighted by Gasteiger charge is 2.31. The number of amides is 1. The van der Waals surface area contributed by atoms with Crippen LogP contribution in [-0.4, -0.2) is 28.0 Å². The highest BCUT2D eigenvalue weighted by atomic mass is 16.5. The summed E-state index contributed by atoms with van der Waals surface area (Å²) in [5.41, 5.74) is 3.28. The van der Waals surface area contributed by atoms with Gasteiger partial charge in [0.2, 0.25) is 0 Å². The van der Waals surface area contributed by atoms with Crippen LogP contribution in [-0.2, 0) is 11.2 Å². The van der Waals surface area contributed by atoms with Gasteiger partial charge >= 0.3 is 0 Å². The zero-order valence-corrected chi connectivity index (χ0v) is 15.9. The molecule has 2 aliphatic rings. The Kier molecular flexibility index (Phi) is 4.51. The van der Waals surface area contributed by atoms with E-state index in [1.54, 1.807) is 0 Å². The summed E-state index contributed by atoms with van der Waals surface area (Å²) in [6.07, 6.45) is 5.39. The summed E-state index contributed by atoms with van der Waals surface area (Å²) in [6, 6.07) is 16.3. The number of ether oxygens (including phenoxy) is 1. The maximum atomic E-state index is 12.8. The van der Waals surface area contributed by atoms with Crippen molar-refractivity contribution in [3.8, 4) is 5.75 Å². The normalized spacial score (nSPS) is 24.4. The zero-order valence-electron chi connectivity index (χ0n) is 15.9. The molecule has 2 aromatic carbocycles. The molecule has 1 saturated carbocycles. The molecular weight excluding hydrogens is 350 g/mol. The number of fused-ring (bicyclic) bond motifs is 2. The summed E-state index contributed by atoms with van der Waals surface area (Å²) in [5.74, 6) is 2.27. The number of hydrogen-bond donors (Lipinski definition) is 2. The van der Waals surface area contributed by atoms with Crippen LogP contribution in [0.3, 0.4) is 0 Å². The van der Waals surface area contributed by atoms with E-state index >= 15 is 0 Å². The molecule has 2 N–H and O–H groups in total. The van der Waals surface area contributed by atoms with E-state index in [9.17, 15) is 4.79 Å². The minimum absolute atomic E-state index is 0.0183. The molecule has 28 heavy (non-hydrogen) atoms. The lowest BCUT2D eigenvalue weighted by Crippen LogP contribution is -2.46. The molecule has 0 radical (unpaired) electrons. The molecular formula is C23H25N3O2. The Morgan fingerprint density at radius 1 is 1.07 bits per heavy atom. The standard InChI is InChI=1S/C23H25N3O2/c27-23(21-13-12-15-6-1-4-11-20(15)28-21)24-17-8-5-7-16(14-17)22-25-18-9-2-3-10-19(18)26-22/h1-4,6,9-11,16-17,21H,5,7-8,12-14H2,(H,24,27)(H,25,26)/t16-,17+,21?/m0/s1. The number of nitrogens with one attached hydrogen (secondary N) is 2. The second kappa shape index (κ2) is 7.30. The molecule has 1 aromatic heterocycles. The number of hydrogen-bond acceptors (Lipinski definition) is 3. The van der Waals surface area contributed by atoms with Crippen molar-refractivity contribution in [2.45, 2.75) is 56.6 Å². The van der Waals surface area contributed by atoms with E-state index in [2.05, 4.69) is 22.4 Å². The molecule has 1 unspecified atom stereocenters. The fraction of sp³-hybridized carbons (Fsp3) is 0.391. The second-order valence-electron chi connectivity index (χ2n) is 7.96. The molecule has 5 heteroatoms. The average molecular weight is 375 g/mol. The SMILES string of the molecule is O=C(N[C@@H]1CCC[C@H](c2nc3ccccc3[nH]2)C1)C1CCc2ccccc2O1. The number of aromatic amines is 1. The summed E-state index contributed by atoms with van der Waals surface area (Å²) in [6.45, 7) is 0. The molecule has 1 fully saturated rings. The molecule has 1 aliphatic carbocycles. The molecule has 2 heterocycles. The van der Waals surface area contributed by atoms with Crippen molar-refractivity contribution in [1.29, 1.82) is 0 Å². The third-order valence-electron chi connectivity index (χ3n) is 6.03.